The smallest absolute Gasteiger partial charge is 0.00582 e. The highest BCUT2D eigenvalue weighted by Gasteiger charge is 2.44. The van der Waals surface area contributed by atoms with Gasteiger partial charge in [0.05, 0.1) is 0 Å². The van der Waals surface area contributed by atoms with Crippen molar-refractivity contribution in [2.75, 3.05) is 0 Å². The normalized spacial score (nSPS) is 25.9. The van der Waals surface area contributed by atoms with Crippen molar-refractivity contribution in [3.05, 3.63) is 106 Å². The minimum atomic E-state index is -0.138. The van der Waals surface area contributed by atoms with Crippen molar-refractivity contribution >= 4 is 7.92 Å². The predicted octanol–water partition coefficient (Wildman–Crippen LogP) is 10.1. The topological polar surface area (TPSA) is 0 Å². The molecule has 0 aromatic heterocycles. The minimum Gasteiger partial charge on any atom is -0.0881 e. The molecule has 0 N–H and O–H groups in total. The highest BCUT2D eigenvalue weighted by atomic mass is 31.1. The average Bonchev–Trinajstić information content (AvgIpc) is 2.84. The van der Waals surface area contributed by atoms with Gasteiger partial charge in [0.15, 0.2) is 0 Å². The molecule has 2 fully saturated rings. The molecule has 0 radical (unpaired) electrons. The van der Waals surface area contributed by atoms with Gasteiger partial charge in [-0.25, -0.2) is 0 Å². The molecule has 3 aromatic rings. The van der Waals surface area contributed by atoms with Gasteiger partial charge in [0.2, 0.25) is 0 Å². The first-order chi connectivity index (χ1) is 16.5. The third-order valence-electron chi connectivity index (χ3n) is 8.57. The van der Waals surface area contributed by atoms with E-state index in [1.54, 1.807) is 16.7 Å². The van der Waals surface area contributed by atoms with E-state index in [1.165, 1.54) is 67.2 Å². The molecule has 1 aliphatic heterocycles. The summed E-state index contributed by atoms with van der Waals surface area (Å²) in [6.45, 7) is 9.23. The van der Waals surface area contributed by atoms with E-state index in [-0.39, 0.29) is 7.92 Å². The Labute approximate surface area is 209 Å². The lowest BCUT2D eigenvalue weighted by Gasteiger charge is -2.48. The van der Waals surface area contributed by atoms with Crippen LogP contribution in [0.5, 0.6) is 0 Å². The first-order valence-corrected chi connectivity index (χ1v) is 15.0. The summed E-state index contributed by atoms with van der Waals surface area (Å²) < 4.78 is 0. The van der Waals surface area contributed by atoms with E-state index in [2.05, 4.69) is 94.4 Å². The summed E-state index contributed by atoms with van der Waals surface area (Å²) in [6, 6.07) is 26.0. The van der Waals surface area contributed by atoms with Crippen molar-refractivity contribution in [1.29, 1.82) is 0 Å². The second kappa shape index (κ2) is 10.4. The molecular weight excluding hydrogens is 427 g/mol. The van der Waals surface area contributed by atoms with Gasteiger partial charge in [-0.05, 0) is 92.8 Å². The maximum atomic E-state index is 2.50. The zero-order chi connectivity index (χ0) is 23.7. The lowest BCUT2D eigenvalue weighted by molar-refractivity contribution is 0.478. The fraction of sp³-hybridized carbons (Fsp3) is 0.455. The standard InChI is InChI=1S/C33H41P/c1-23-15-17-30(25(3)19-23)32-21-28(27-11-7-5-8-12-27)22-33(31-18-16-24(2)20-26(31)4)34(32)29-13-9-6-10-14-29/h5,7-8,11-12,15-20,28-29,32-33H,6,9-10,13-14,21-22H2,1-4H3. The van der Waals surface area contributed by atoms with Gasteiger partial charge in [0.25, 0.3) is 0 Å². The van der Waals surface area contributed by atoms with Crippen LogP contribution in [-0.4, -0.2) is 5.66 Å². The molecule has 0 amide bonds. The maximum Gasteiger partial charge on any atom is 0.00582 e. The Kier molecular flexibility index (Phi) is 7.27. The fourth-order valence-corrected chi connectivity index (χ4v) is 11.6. The van der Waals surface area contributed by atoms with E-state index in [9.17, 15) is 0 Å². The Balaban J connectivity index is 1.65. The molecule has 1 saturated heterocycles. The Hall–Kier alpha value is -1.91. The summed E-state index contributed by atoms with van der Waals surface area (Å²) in [5, 5.41) is 0. The summed E-state index contributed by atoms with van der Waals surface area (Å²) in [4.78, 5) is 0. The molecule has 1 aliphatic carbocycles. The van der Waals surface area contributed by atoms with Crippen LogP contribution >= 0.6 is 7.92 Å². The van der Waals surface area contributed by atoms with Gasteiger partial charge in [0, 0.05) is 11.3 Å². The summed E-state index contributed by atoms with van der Waals surface area (Å²) in [7, 11) is -0.138. The lowest BCUT2D eigenvalue weighted by Crippen LogP contribution is -2.25. The van der Waals surface area contributed by atoms with Crippen molar-refractivity contribution in [3.8, 4) is 0 Å². The van der Waals surface area contributed by atoms with Crippen molar-refractivity contribution in [2.24, 2.45) is 0 Å². The van der Waals surface area contributed by atoms with E-state index >= 15 is 0 Å². The second-order valence-corrected chi connectivity index (χ2v) is 13.9. The molecule has 2 aliphatic rings. The van der Waals surface area contributed by atoms with Gasteiger partial charge in [-0.15, -0.1) is 0 Å². The lowest BCUT2D eigenvalue weighted by atomic mass is 9.84. The van der Waals surface area contributed by atoms with Gasteiger partial charge in [0.1, 0.15) is 0 Å². The Morgan fingerprint density at radius 2 is 1.15 bits per heavy atom. The maximum absolute atomic E-state index is 2.50. The third kappa shape index (κ3) is 4.90. The van der Waals surface area contributed by atoms with Crippen LogP contribution in [0, 0.1) is 27.7 Å². The summed E-state index contributed by atoms with van der Waals surface area (Å²) in [5.74, 6) is 0.639. The van der Waals surface area contributed by atoms with Crippen LogP contribution < -0.4 is 0 Å². The number of benzene rings is 3. The molecule has 0 bridgehead atoms. The van der Waals surface area contributed by atoms with Gasteiger partial charge in [-0.2, -0.15) is 0 Å². The van der Waals surface area contributed by atoms with Crippen molar-refractivity contribution in [3.63, 3.8) is 0 Å². The Morgan fingerprint density at radius 1 is 0.618 bits per heavy atom. The molecule has 1 heteroatoms. The predicted molar refractivity (Wildman–Crippen MR) is 150 cm³/mol. The van der Waals surface area contributed by atoms with Crippen molar-refractivity contribution in [1.82, 2.24) is 0 Å². The number of hydrogen-bond donors (Lipinski definition) is 0. The molecule has 1 saturated carbocycles. The molecule has 178 valence electrons. The van der Waals surface area contributed by atoms with Gasteiger partial charge in [-0.1, -0.05) is 105 Å². The molecule has 2 unspecified atom stereocenters. The molecule has 3 aromatic carbocycles. The summed E-state index contributed by atoms with van der Waals surface area (Å²) in [6.07, 6.45) is 9.84. The SMILES string of the molecule is Cc1ccc(C2CC(c3ccccc3)CC(c3ccc(C)cc3C)P2C2CCCCC2)c(C)c1. The zero-order valence-corrected chi connectivity index (χ0v) is 22.5. The average molecular weight is 469 g/mol. The van der Waals surface area contributed by atoms with Gasteiger partial charge < -0.3 is 0 Å². The van der Waals surface area contributed by atoms with E-state index < -0.39 is 0 Å². The second-order valence-electron chi connectivity index (χ2n) is 11.1. The number of aryl methyl sites for hydroxylation is 4. The summed E-state index contributed by atoms with van der Waals surface area (Å²) in [5.41, 5.74) is 13.0. The molecule has 0 spiro atoms. The monoisotopic (exact) mass is 468 g/mol. The molecule has 2 atom stereocenters. The van der Waals surface area contributed by atoms with Crippen molar-refractivity contribution in [2.45, 2.75) is 95.5 Å². The van der Waals surface area contributed by atoms with Crippen LogP contribution in [-0.2, 0) is 0 Å². The first-order valence-electron chi connectivity index (χ1n) is 13.5. The van der Waals surface area contributed by atoms with Crippen LogP contribution in [0.25, 0.3) is 0 Å². The third-order valence-corrected chi connectivity index (χ3v) is 12.3. The summed E-state index contributed by atoms with van der Waals surface area (Å²) >= 11 is 0. The van der Waals surface area contributed by atoms with E-state index in [0.29, 0.717) is 17.2 Å². The van der Waals surface area contributed by atoms with Crippen LogP contribution in [0.3, 0.4) is 0 Å². The minimum absolute atomic E-state index is 0.138. The van der Waals surface area contributed by atoms with Crippen LogP contribution in [0.2, 0.25) is 0 Å². The Morgan fingerprint density at radius 3 is 1.65 bits per heavy atom. The van der Waals surface area contributed by atoms with Gasteiger partial charge in [-0.3, -0.25) is 0 Å². The van der Waals surface area contributed by atoms with Crippen LogP contribution in [0.1, 0.15) is 101 Å². The number of rotatable bonds is 4. The Bertz CT molecular complexity index is 1050. The van der Waals surface area contributed by atoms with Crippen LogP contribution in [0.4, 0.5) is 0 Å². The molecule has 34 heavy (non-hydrogen) atoms. The molecule has 1 heterocycles. The van der Waals surface area contributed by atoms with E-state index in [0.717, 1.165) is 5.66 Å². The molecule has 0 nitrogen and oxygen atoms in total. The molecule has 5 rings (SSSR count). The van der Waals surface area contributed by atoms with E-state index in [4.69, 9.17) is 0 Å². The molecular formula is C33H41P. The van der Waals surface area contributed by atoms with E-state index in [1.807, 2.05) is 0 Å². The highest BCUT2D eigenvalue weighted by Crippen LogP contribution is 2.74. The first kappa shape index (κ1) is 23.8. The van der Waals surface area contributed by atoms with Gasteiger partial charge >= 0.3 is 0 Å². The quantitative estimate of drug-likeness (QED) is 0.334. The van der Waals surface area contributed by atoms with Crippen molar-refractivity contribution < 1.29 is 0 Å². The fourth-order valence-electron chi connectivity index (χ4n) is 6.96. The van der Waals surface area contributed by atoms with Crippen LogP contribution in [0.15, 0.2) is 66.7 Å². The largest absolute Gasteiger partial charge is 0.0881 e. The zero-order valence-electron chi connectivity index (χ0n) is 21.6. The highest BCUT2D eigenvalue weighted by molar-refractivity contribution is 7.59. The number of hydrogen-bond acceptors (Lipinski definition) is 0.